The number of carbonyl (C=O) groups excluding carboxylic acids is 2. The second-order valence-electron chi connectivity index (χ2n) is 4.21. The molecule has 2 amide bonds. The number of hydrogen-bond acceptors (Lipinski definition) is 2. The fraction of sp³-hybridized carbons (Fsp3) is 0.429. The quantitative estimate of drug-likeness (QED) is 0.865. The van der Waals surface area contributed by atoms with Crippen LogP contribution in [0, 0.1) is 6.92 Å². The highest BCUT2D eigenvalue weighted by Gasteiger charge is 2.10. The van der Waals surface area contributed by atoms with Crippen molar-refractivity contribution in [1.82, 2.24) is 5.32 Å². The lowest BCUT2D eigenvalue weighted by atomic mass is 10.2. The first-order valence-corrected chi connectivity index (χ1v) is 6.16. The van der Waals surface area contributed by atoms with E-state index >= 15 is 0 Å². The van der Waals surface area contributed by atoms with Crippen LogP contribution in [0.15, 0.2) is 24.3 Å². The van der Waals surface area contributed by atoms with Gasteiger partial charge in [0.05, 0.1) is 0 Å². The molecule has 1 rings (SSSR count). The number of rotatable bonds is 5. The number of benzene rings is 1. The van der Waals surface area contributed by atoms with Crippen LogP contribution >= 0.6 is 0 Å². The molecule has 1 aromatic rings. The third-order valence-electron chi connectivity index (χ3n) is 2.70. The van der Waals surface area contributed by atoms with Crippen molar-refractivity contribution in [2.24, 2.45) is 0 Å². The number of anilines is 1. The molecule has 98 valence electrons. The lowest BCUT2D eigenvalue weighted by molar-refractivity contribution is -0.121. The number of nitrogens with one attached hydrogen (secondary N) is 1. The van der Waals surface area contributed by atoms with E-state index in [9.17, 15) is 9.59 Å². The molecule has 0 heterocycles. The smallest absolute Gasteiger partial charge is 0.223 e. The molecule has 0 spiro atoms. The van der Waals surface area contributed by atoms with Gasteiger partial charge in [0.25, 0.3) is 0 Å². The lowest BCUT2D eigenvalue weighted by Gasteiger charge is -2.21. The molecular formula is C14H20N2O2. The molecular weight excluding hydrogens is 228 g/mol. The predicted octanol–water partition coefficient (Wildman–Crippen LogP) is 1.87. The number of aryl methyl sites for hydroxylation is 1. The fourth-order valence-electron chi connectivity index (χ4n) is 1.63. The van der Waals surface area contributed by atoms with E-state index in [1.54, 1.807) is 11.8 Å². The summed E-state index contributed by atoms with van der Waals surface area (Å²) in [6.07, 6.45) is 0.463. The van der Waals surface area contributed by atoms with Crippen LogP contribution in [0.3, 0.4) is 0 Å². The zero-order chi connectivity index (χ0) is 13.5. The van der Waals surface area contributed by atoms with Crippen LogP contribution in [-0.2, 0) is 9.59 Å². The largest absolute Gasteiger partial charge is 0.354 e. The fourth-order valence-corrected chi connectivity index (χ4v) is 1.63. The molecule has 0 aromatic heterocycles. The van der Waals surface area contributed by atoms with Gasteiger partial charge in [-0.3, -0.25) is 9.59 Å². The Hall–Kier alpha value is -1.84. The Morgan fingerprint density at radius 1 is 1.22 bits per heavy atom. The Kier molecular flexibility index (Phi) is 5.36. The molecule has 0 saturated heterocycles. The van der Waals surface area contributed by atoms with Crippen LogP contribution in [0.4, 0.5) is 5.69 Å². The summed E-state index contributed by atoms with van der Waals surface area (Å²) in [6, 6.07) is 7.77. The monoisotopic (exact) mass is 248 g/mol. The van der Waals surface area contributed by atoms with Gasteiger partial charge in [0, 0.05) is 32.1 Å². The van der Waals surface area contributed by atoms with Crippen molar-refractivity contribution in [3.8, 4) is 0 Å². The van der Waals surface area contributed by atoms with Crippen molar-refractivity contribution in [1.29, 1.82) is 0 Å². The van der Waals surface area contributed by atoms with Crippen LogP contribution in [0.2, 0.25) is 0 Å². The van der Waals surface area contributed by atoms with E-state index in [2.05, 4.69) is 5.32 Å². The zero-order valence-corrected chi connectivity index (χ0v) is 11.2. The van der Waals surface area contributed by atoms with Crippen molar-refractivity contribution in [2.75, 3.05) is 18.0 Å². The maximum absolute atomic E-state index is 11.6. The number of carbonyl (C=O) groups is 2. The van der Waals surface area contributed by atoms with Crippen molar-refractivity contribution in [3.63, 3.8) is 0 Å². The van der Waals surface area contributed by atoms with Crippen LogP contribution < -0.4 is 10.2 Å². The standard InChI is InChI=1S/C14H20N2O2/c1-4-14(18)15-9-10-16(12(3)17)13-7-5-11(2)6-8-13/h5-8H,4,9-10H2,1-3H3,(H,15,18). The molecule has 0 atom stereocenters. The van der Waals surface area contributed by atoms with Crippen molar-refractivity contribution >= 4 is 17.5 Å². The second-order valence-corrected chi connectivity index (χ2v) is 4.21. The predicted molar refractivity (Wildman–Crippen MR) is 72.5 cm³/mol. The first kappa shape index (κ1) is 14.2. The highest BCUT2D eigenvalue weighted by molar-refractivity contribution is 5.91. The number of hydrogen-bond donors (Lipinski definition) is 1. The molecule has 0 aliphatic heterocycles. The molecule has 0 unspecified atom stereocenters. The zero-order valence-electron chi connectivity index (χ0n) is 11.2. The van der Waals surface area contributed by atoms with Gasteiger partial charge in [-0.2, -0.15) is 0 Å². The summed E-state index contributed by atoms with van der Waals surface area (Å²) in [6.45, 7) is 6.30. The molecule has 0 bridgehead atoms. The second kappa shape index (κ2) is 6.79. The SMILES string of the molecule is CCC(=O)NCCN(C(C)=O)c1ccc(C)cc1. The minimum absolute atomic E-state index is 0.00223. The molecule has 0 aliphatic carbocycles. The minimum atomic E-state index is -0.0235. The first-order valence-electron chi connectivity index (χ1n) is 6.16. The van der Waals surface area contributed by atoms with Crippen molar-refractivity contribution < 1.29 is 9.59 Å². The average Bonchev–Trinajstić information content (AvgIpc) is 2.35. The molecule has 4 nitrogen and oxygen atoms in total. The van der Waals surface area contributed by atoms with Crippen LogP contribution in [0.25, 0.3) is 0 Å². The molecule has 1 N–H and O–H groups in total. The Morgan fingerprint density at radius 2 is 1.83 bits per heavy atom. The van der Waals surface area contributed by atoms with Gasteiger partial charge in [-0.15, -0.1) is 0 Å². The Bertz CT molecular complexity index is 412. The summed E-state index contributed by atoms with van der Waals surface area (Å²) in [5.74, 6) is -0.0213. The summed E-state index contributed by atoms with van der Waals surface area (Å²) in [5, 5.41) is 2.77. The Morgan fingerprint density at radius 3 is 2.33 bits per heavy atom. The summed E-state index contributed by atoms with van der Waals surface area (Å²) >= 11 is 0. The Balaban J connectivity index is 2.63. The van der Waals surface area contributed by atoms with E-state index in [4.69, 9.17) is 0 Å². The molecule has 0 fully saturated rings. The Labute approximate surface area is 108 Å². The molecule has 0 aliphatic rings. The minimum Gasteiger partial charge on any atom is -0.354 e. The van der Waals surface area contributed by atoms with Crippen molar-refractivity contribution in [3.05, 3.63) is 29.8 Å². The van der Waals surface area contributed by atoms with Gasteiger partial charge in [0.15, 0.2) is 0 Å². The maximum Gasteiger partial charge on any atom is 0.223 e. The number of nitrogens with zero attached hydrogens (tertiary/aromatic N) is 1. The van der Waals surface area contributed by atoms with Gasteiger partial charge in [0.1, 0.15) is 0 Å². The molecule has 0 radical (unpaired) electrons. The highest BCUT2D eigenvalue weighted by atomic mass is 16.2. The van der Waals surface area contributed by atoms with Gasteiger partial charge >= 0.3 is 0 Å². The molecule has 4 heteroatoms. The van der Waals surface area contributed by atoms with Gasteiger partial charge in [-0.05, 0) is 19.1 Å². The highest BCUT2D eigenvalue weighted by Crippen LogP contribution is 2.14. The average molecular weight is 248 g/mol. The van der Waals surface area contributed by atoms with E-state index < -0.39 is 0 Å². The van der Waals surface area contributed by atoms with E-state index in [-0.39, 0.29) is 11.8 Å². The van der Waals surface area contributed by atoms with E-state index in [1.165, 1.54) is 6.92 Å². The van der Waals surface area contributed by atoms with Crippen LogP contribution in [0.5, 0.6) is 0 Å². The van der Waals surface area contributed by atoms with Crippen molar-refractivity contribution in [2.45, 2.75) is 27.2 Å². The first-order chi connectivity index (χ1) is 8.54. The molecule has 18 heavy (non-hydrogen) atoms. The van der Waals surface area contributed by atoms with E-state index in [0.717, 1.165) is 11.3 Å². The normalized spacial score (nSPS) is 9.94. The molecule has 0 saturated carbocycles. The summed E-state index contributed by atoms with van der Waals surface area (Å²) in [4.78, 5) is 24.4. The van der Waals surface area contributed by atoms with Gasteiger partial charge in [-0.25, -0.2) is 0 Å². The van der Waals surface area contributed by atoms with Gasteiger partial charge in [-0.1, -0.05) is 24.6 Å². The topological polar surface area (TPSA) is 49.4 Å². The third kappa shape index (κ3) is 4.20. The lowest BCUT2D eigenvalue weighted by Crippen LogP contribution is -2.37. The van der Waals surface area contributed by atoms with E-state index in [1.807, 2.05) is 31.2 Å². The van der Waals surface area contributed by atoms with Gasteiger partial charge in [0.2, 0.25) is 11.8 Å². The maximum atomic E-state index is 11.6. The van der Waals surface area contributed by atoms with Crippen LogP contribution in [0.1, 0.15) is 25.8 Å². The number of amides is 2. The van der Waals surface area contributed by atoms with Crippen LogP contribution in [-0.4, -0.2) is 24.9 Å². The van der Waals surface area contributed by atoms with E-state index in [0.29, 0.717) is 19.5 Å². The third-order valence-corrected chi connectivity index (χ3v) is 2.70. The summed E-state index contributed by atoms with van der Waals surface area (Å²) in [5.41, 5.74) is 2.01. The summed E-state index contributed by atoms with van der Waals surface area (Å²) < 4.78 is 0. The molecule has 1 aromatic carbocycles. The summed E-state index contributed by atoms with van der Waals surface area (Å²) in [7, 11) is 0. The van der Waals surface area contributed by atoms with Gasteiger partial charge < -0.3 is 10.2 Å².